The molecule has 1 atom stereocenters. The molecular weight excluding hydrogens is 212 g/mol. The van der Waals surface area contributed by atoms with Gasteiger partial charge in [0.1, 0.15) is 11.6 Å². The molecule has 0 rings (SSSR count). The smallest absolute Gasteiger partial charge is 0.408 e. The molecule has 0 aromatic heterocycles. The lowest BCUT2D eigenvalue weighted by atomic mass is 10.2. The Balaban J connectivity index is 4.20. The molecule has 0 aromatic rings. The van der Waals surface area contributed by atoms with Crippen molar-refractivity contribution >= 4 is 12.0 Å². The number of hydroxylamine groups is 2. The highest BCUT2D eigenvalue weighted by Crippen LogP contribution is 2.06. The number of hydrogen-bond donors (Lipinski definition) is 2. The normalized spacial score (nSPS) is 12.9. The maximum atomic E-state index is 11.4. The fourth-order valence-corrected chi connectivity index (χ4v) is 0.925. The van der Waals surface area contributed by atoms with Crippen LogP contribution in [0.2, 0.25) is 0 Å². The monoisotopic (exact) mass is 232 g/mol. The number of hydrogen-bond acceptors (Lipinski definition) is 4. The summed E-state index contributed by atoms with van der Waals surface area (Å²) in [5, 5.41) is 12.0. The number of carbonyl (C=O) groups is 2. The van der Waals surface area contributed by atoms with E-state index in [2.05, 4.69) is 5.32 Å². The van der Waals surface area contributed by atoms with Crippen molar-refractivity contribution in [3.63, 3.8) is 0 Å². The van der Waals surface area contributed by atoms with E-state index < -0.39 is 23.6 Å². The molecule has 2 amide bonds. The number of nitrogens with one attached hydrogen (secondary N) is 1. The second-order valence-corrected chi connectivity index (χ2v) is 4.42. The van der Waals surface area contributed by atoms with Crippen LogP contribution in [0.1, 0.15) is 34.6 Å². The maximum Gasteiger partial charge on any atom is 0.408 e. The first-order valence-corrected chi connectivity index (χ1v) is 5.17. The maximum absolute atomic E-state index is 11.4. The van der Waals surface area contributed by atoms with E-state index in [1.165, 1.54) is 6.92 Å². The van der Waals surface area contributed by atoms with Gasteiger partial charge in [0.2, 0.25) is 0 Å². The lowest BCUT2D eigenvalue weighted by Crippen LogP contribution is -2.47. The van der Waals surface area contributed by atoms with E-state index in [0.29, 0.717) is 5.06 Å². The first-order valence-electron chi connectivity index (χ1n) is 5.17. The molecule has 0 radical (unpaired) electrons. The summed E-state index contributed by atoms with van der Waals surface area (Å²) >= 11 is 0. The van der Waals surface area contributed by atoms with Crippen LogP contribution in [0.4, 0.5) is 4.79 Å². The molecule has 0 saturated heterocycles. The highest BCUT2D eigenvalue weighted by atomic mass is 16.6. The second-order valence-electron chi connectivity index (χ2n) is 4.42. The van der Waals surface area contributed by atoms with Crippen molar-refractivity contribution < 1.29 is 19.5 Å². The minimum Gasteiger partial charge on any atom is -0.444 e. The van der Waals surface area contributed by atoms with Crippen molar-refractivity contribution in [3.8, 4) is 0 Å². The molecule has 0 fully saturated rings. The van der Waals surface area contributed by atoms with Crippen LogP contribution in [-0.4, -0.2) is 40.5 Å². The van der Waals surface area contributed by atoms with Crippen LogP contribution < -0.4 is 5.32 Å². The van der Waals surface area contributed by atoms with Gasteiger partial charge in [0.05, 0.1) is 0 Å². The average Bonchev–Trinajstić information content (AvgIpc) is 2.12. The Hall–Kier alpha value is -1.30. The lowest BCUT2D eigenvalue weighted by molar-refractivity contribution is -0.166. The molecule has 0 heterocycles. The fourth-order valence-electron chi connectivity index (χ4n) is 0.925. The Labute approximate surface area is 95.5 Å². The number of ether oxygens (including phenoxy) is 1. The molecule has 0 aliphatic heterocycles. The SMILES string of the molecule is CCN(O)C(=O)[C@@H](C)NC(=O)OC(C)(C)C. The predicted octanol–water partition coefficient (Wildman–Crippen LogP) is 1.14. The van der Waals surface area contributed by atoms with Crippen LogP contribution in [0.25, 0.3) is 0 Å². The van der Waals surface area contributed by atoms with Crippen molar-refractivity contribution in [3.05, 3.63) is 0 Å². The second kappa shape index (κ2) is 5.69. The third kappa shape index (κ3) is 5.55. The van der Waals surface area contributed by atoms with Crippen LogP contribution in [0.5, 0.6) is 0 Å². The summed E-state index contributed by atoms with van der Waals surface area (Å²) in [5.41, 5.74) is -0.615. The Kier molecular flexibility index (Phi) is 5.23. The van der Waals surface area contributed by atoms with Crippen molar-refractivity contribution in [2.75, 3.05) is 6.54 Å². The molecule has 0 spiro atoms. The Bertz CT molecular complexity index is 260. The molecule has 2 N–H and O–H groups in total. The van der Waals surface area contributed by atoms with E-state index in [4.69, 9.17) is 9.94 Å². The number of rotatable bonds is 3. The molecule has 6 nitrogen and oxygen atoms in total. The number of alkyl carbamates (subject to hydrolysis) is 1. The van der Waals surface area contributed by atoms with Gasteiger partial charge in [-0.25, -0.2) is 9.86 Å². The number of likely N-dealkylation sites (N-methyl/N-ethyl adjacent to an activating group) is 1. The third-order valence-electron chi connectivity index (χ3n) is 1.66. The van der Waals surface area contributed by atoms with Gasteiger partial charge in [0.15, 0.2) is 0 Å². The van der Waals surface area contributed by atoms with E-state index in [9.17, 15) is 9.59 Å². The lowest BCUT2D eigenvalue weighted by Gasteiger charge is -2.23. The minimum atomic E-state index is -0.820. The average molecular weight is 232 g/mol. The first-order chi connectivity index (χ1) is 7.17. The van der Waals surface area contributed by atoms with E-state index in [0.717, 1.165) is 0 Å². The first kappa shape index (κ1) is 14.7. The zero-order valence-corrected chi connectivity index (χ0v) is 10.4. The van der Waals surface area contributed by atoms with E-state index in [1.54, 1.807) is 27.7 Å². The van der Waals surface area contributed by atoms with Gasteiger partial charge in [-0.1, -0.05) is 0 Å². The molecule has 0 bridgehead atoms. The Morgan fingerprint density at radius 2 is 1.94 bits per heavy atom. The fraction of sp³-hybridized carbons (Fsp3) is 0.800. The molecule has 0 aliphatic carbocycles. The van der Waals surface area contributed by atoms with Gasteiger partial charge in [-0.2, -0.15) is 0 Å². The molecular formula is C10H20N2O4. The summed E-state index contributed by atoms with van der Waals surface area (Å²) in [6.45, 7) is 8.44. The zero-order chi connectivity index (χ0) is 12.9. The molecule has 0 saturated carbocycles. The topological polar surface area (TPSA) is 78.9 Å². The standard InChI is InChI=1S/C10H20N2O4/c1-6-12(15)8(13)7(2)11-9(14)16-10(3,4)5/h7,15H,6H2,1-5H3,(H,11,14)/t7-/m1/s1. The Morgan fingerprint density at radius 1 is 1.44 bits per heavy atom. The van der Waals surface area contributed by atoms with E-state index >= 15 is 0 Å². The van der Waals surface area contributed by atoms with E-state index in [1.807, 2.05) is 0 Å². The largest absolute Gasteiger partial charge is 0.444 e. The molecule has 16 heavy (non-hydrogen) atoms. The van der Waals surface area contributed by atoms with Crippen LogP contribution >= 0.6 is 0 Å². The van der Waals surface area contributed by atoms with Crippen LogP contribution in [0.15, 0.2) is 0 Å². The van der Waals surface area contributed by atoms with Crippen LogP contribution in [-0.2, 0) is 9.53 Å². The number of nitrogens with zero attached hydrogens (tertiary/aromatic N) is 1. The molecule has 0 aliphatic rings. The predicted molar refractivity (Wildman–Crippen MR) is 58.0 cm³/mol. The van der Waals surface area contributed by atoms with Crippen LogP contribution in [0, 0.1) is 0 Å². The van der Waals surface area contributed by atoms with Gasteiger partial charge in [0.25, 0.3) is 5.91 Å². The van der Waals surface area contributed by atoms with Gasteiger partial charge in [0, 0.05) is 6.54 Å². The molecule has 0 unspecified atom stereocenters. The van der Waals surface area contributed by atoms with Gasteiger partial charge >= 0.3 is 6.09 Å². The van der Waals surface area contributed by atoms with Gasteiger partial charge < -0.3 is 10.1 Å². The third-order valence-corrected chi connectivity index (χ3v) is 1.66. The summed E-state index contributed by atoms with van der Waals surface area (Å²) in [6, 6.07) is -0.820. The van der Waals surface area contributed by atoms with Crippen molar-refractivity contribution in [2.24, 2.45) is 0 Å². The van der Waals surface area contributed by atoms with Crippen molar-refractivity contribution in [1.82, 2.24) is 10.4 Å². The zero-order valence-electron chi connectivity index (χ0n) is 10.4. The summed E-state index contributed by atoms with van der Waals surface area (Å²) in [4.78, 5) is 22.7. The molecule has 0 aromatic carbocycles. The quantitative estimate of drug-likeness (QED) is 0.565. The van der Waals surface area contributed by atoms with E-state index in [-0.39, 0.29) is 6.54 Å². The highest BCUT2D eigenvalue weighted by Gasteiger charge is 2.23. The summed E-state index contributed by atoms with van der Waals surface area (Å²) in [7, 11) is 0. The molecule has 94 valence electrons. The number of carbonyl (C=O) groups excluding carboxylic acids is 2. The van der Waals surface area contributed by atoms with Crippen molar-refractivity contribution in [1.29, 1.82) is 0 Å². The summed E-state index contributed by atoms with van der Waals surface area (Å²) in [6.07, 6.45) is -0.683. The number of amides is 2. The van der Waals surface area contributed by atoms with Crippen LogP contribution in [0.3, 0.4) is 0 Å². The Morgan fingerprint density at radius 3 is 2.31 bits per heavy atom. The van der Waals surface area contributed by atoms with Gasteiger partial charge in [-0.15, -0.1) is 0 Å². The highest BCUT2D eigenvalue weighted by molar-refractivity contribution is 5.84. The summed E-state index contributed by atoms with van der Waals surface area (Å²) in [5.74, 6) is -0.576. The van der Waals surface area contributed by atoms with Crippen molar-refractivity contribution in [2.45, 2.75) is 46.3 Å². The molecule has 6 heteroatoms. The van der Waals surface area contributed by atoms with Gasteiger partial charge in [-0.05, 0) is 34.6 Å². The summed E-state index contributed by atoms with van der Waals surface area (Å²) < 4.78 is 4.97. The minimum absolute atomic E-state index is 0.166. The van der Waals surface area contributed by atoms with Gasteiger partial charge in [-0.3, -0.25) is 10.0 Å².